The van der Waals surface area contributed by atoms with Crippen LogP contribution in [0.2, 0.25) is 5.02 Å². The molecule has 3 aromatic rings. The van der Waals surface area contributed by atoms with Crippen LogP contribution in [0.4, 0.5) is 0 Å². The van der Waals surface area contributed by atoms with Crippen molar-refractivity contribution in [3.05, 3.63) is 65.2 Å². The van der Waals surface area contributed by atoms with Crippen molar-refractivity contribution in [2.75, 3.05) is 0 Å². The minimum atomic E-state index is -3.62. The molecule has 10 heteroatoms. The number of aromatic nitrogens is 2. The number of aryl methyl sites for hydroxylation is 1. The van der Waals surface area contributed by atoms with Crippen LogP contribution in [0.5, 0.6) is 0 Å². The second-order valence-corrected chi connectivity index (χ2v) is 9.00. The van der Waals surface area contributed by atoms with E-state index in [9.17, 15) is 13.2 Å². The maximum Gasteiger partial charge on any atom is 0.227 e. The van der Waals surface area contributed by atoms with Crippen LogP contribution >= 0.6 is 11.6 Å². The fourth-order valence-electron chi connectivity index (χ4n) is 2.69. The van der Waals surface area contributed by atoms with Crippen LogP contribution in [-0.4, -0.2) is 30.5 Å². The normalized spacial score (nSPS) is 12.6. The van der Waals surface area contributed by atoms with E-state index >= 15 is 0 Å². The van der Waals surface area contributed by atoms with Crippen molar-refractivity contribution in [2.45, 2.75) is 42.9 Å². The molecule has 1 atom stereocenters. The first-order valence-corrected chi connectivity index (χ1v) is 11.0. The summed E-state index contributed by atoms with van der Waals surface area (Å²) in [7, 11) is -3.62. The number of nitrogens with zero attached hydrogens (tertiary/aromatic N) is 2. The Hall–Kier alpha value is -2.65. The van der Waals surface area contributed by atoms with E-state index in [0.717, 1.165) is 5.76 Å². The van der Waals surface area contributed by atoms with Crippen LogP contribution in [0.15, 0.2) is 56.5 Å². The Morgan fingerprint density at radius 2 is 2.00 bits per heavy atom. The van der Waals surface area contributed by atoms with Crippen LogP contribution in [-0.2, 0) is 33.2 Å². The van der Waals surface area contributed by atoms with Gasteiger partial charge in [-0.05, 0) is 43.3 Å². The Kier molecular flexibility index (Phi) is 6.71. The topological polar surface area (TPSA) is 115 Å². The fourth-order valence-corrected chi connectivity index (χ4v) is 4.00. The molecule has 0 bridgehead atoms. The number of sulfone groups is 1. The molecule has 2 heterocycles. The first-order valence-electron chi connectivity index (χ1n) is 8.93. The van der Waals surface area contributed by atoms with Crippen molar-refractivity contribution < 1.29 is 22.2 Å². The number of hydrogen-bond donors (Lipinski definition) is 1. The molecule has 154 valence electrons. The van der Waals surface area contributed by atoms with Crippen LogP contribution in [0.25, 0.3) is 0 Å². The zero-order chi connectivity index (χ0) is 20.9. The standard InChI is InChI=1S/C19H20ClN3O5S/c1-13(11-15-3-2-10-27-15)21-18(24)8-9-19-22-17(23-28-19)12-29(25,26)16-6-4-14(20)5-7-16/h2-7,10,13H,8-9,11-12H2,1H3,(H,21,24). The van der Waals surface area contributed by atoms with Crippen molar-refractivity contribution in [1.82, 2.24) is 15.5 Å². The van der Waals surface area contributed by atoms with Gasteiger partial charge in [0.25, 0.3) is 0 Å². The molecule has 0 saturated heterocycles. The summed E-state index contributed by atoms with van der Waals surface area (Å²) >= 11 is 5.78. The lowest BCUT2D eigenvalue weighted by Crippen LogP contribution is -2.34. The third kappa shape index (κ3) is 6.16. The molecule has 0 aliphatic carbocycles. The van der Waals surface area contributed by atoms with E-state index in [4.69, 9.17) is 20.5 Å². The van der Waals surface area contributed by atoms with Gasteiger partial charge in [-0.1, -0.05) is 16.8 Å². The van der Waals surface area contributed by atoms with Gasteiger partial charge in [-0.3, -0.25) is 4.79 Å². The molecular formula is C19H20ClN3O5S. The lowest BCUT2D eigenvalue weighted by Gasteiger charge is -2.11. The zero-order valence-electron chi connectivity index (χ0n) is 15.7. The maximum absolute atomic E-state index is 12.4. The molecule has 0 aliphatic heterocycles. The van der Waals surface area contributed by atoms with Crippen LogP contribution in [0.3, 0.4) is 0 Å². The van der Waals surface area contributed by atoms with E-state index in [-0.39, 0.29) is 41.4 Å². The van der Waals surface area contributed by atoms with Crippen molar-refractivity contribution in [3.8, 4) is 0 Å². The number of halogens is 1. The third-order valence-corrected chi connectivity index (χ3v) is 5.94. The number of amides is 1. The molecule has 8 nitrogen and oxygen atoms in total. The Morgan fingerprint density at radius 3 is 2.69 bits per heavy atom. The van der Waals surface area contributed by atoms with Gasteiger partial charge in [-0.2, -0.15) is 4.98 Å². The first-order chi connectivity index (χ1) is 13.8. The molecule has 2 aromatic heterocycles. The molecule has 3 rings (SSSR count). The average molecular weight is 438 g/mol. The lowest BCUT2D eigenvalue weighted by atomic mass is 10.2. The van der Waals surface area contributed by atoms with Gasteiger partial charge in [0.1, 0.15) is 11.5 Å². The van der Waals surface area contributed by atoms with Crippen LogP contribution in [0.1, 0.15) is 30.8 Å². The summed E-state index contributed by atoms with van der Waals surface area (Å²) in [6.45, 7) is 1.88. The average Bonchev–Trinajstić information content (AvgIpc) is 3.32. The Bertz CT molecular complexity index is 1050. The minimum Gasteiger partial charge on any atom is -0.469 e. The molecule has 1 unspecified atom stereocenters. The smallest absolute Gasteiger partial charge is 0.227 e. The number of benzene rings is 1. The second-order valence-electron chi connectivity index (χ2n) is 6.57. The number of furan rings is 1. The molecule has 1 aromatic carbocycles. The summed E-state index contributed by atoms with van der Waals surface area (Å²) in [5.74, 6) is 0.477. The first kappa shape index (κ1) is 21.1. The van der Waals surface area contributed by atoms with Gasteiger partial charge in [0.15, 0.2) is 15.7 Å². The van der Waals surface area contributed by atoms with E-state index in [0.29, 0.717) is 11.4 Å². The lowest BCUT2D eigenvalue weighted by molar-refractivity contribution is -0.121. The molecule has 1 amide bonds. The molecule has 1 N–H and O–H groups in total. The summed E-state index contributed by atoms with van der Waals surface area (Å²) in [5, 5.41) is 7.01. The highest BCUT2D eigenvalue weighted by molar-refractivity contribution is 7.90. The third-order valence-electron chi connectivity index (χ3n) is 4.06. The maximum atomic E-state index is 12.4. The quantitative estimate of drug-likeness (QED) is 0.547. The monoisotopic (exact) mass is 437 g/mol. The highest BCUT2D eigenvalue weighted by atomic mass is 35.5. The highest BCUT2D eigenvalue weighted by Crippen LogP contribution is 2.18. The number of nitrogens with one attached hydrogen (secondary N) is 1. The molecule has 29 heavy (non-hydrogen) atoms. The second kappa shape index (κ2) is 9.23. The van der Waals surface area contributed by atoms with E-state index < -0.39 is 15.6 Å². The highest BCUT2D eigenvalue weighted by Gasteiger charge is 2.20. The van der Waals surface area contributed by atoms with Gasteiger partial charge in [0, 0.05) is 30.3 Å². The van der Waals surface area contributed by atoms with Crippen LogP contribution in [0, 0.1) is 0 Å². The van der Waals surface area contributed by atoms with Crippen molar-refractivity contribution in [3.63, 3.8) is 0 Å². The predicted molar refractivity (Wildman–Crippen MR) is 105 cm³/mol. The summed E-state index contributed by atoms with van der Waals surface area (Å²) in [6, 6.07) is 9.41. The van der Waals surface area contributed by atoms with E-state index in [1.807, 2.05) is 13.0 Å². The molecule has 0 aliphatic rings. The summed E-state index contributed by atoms with van der Waals surface area (Å²) in [6.07, 6.45) is 2.54. The largest absolute Gasteiger partial charge is 0.469 e. The molecule has 0 fully saturated rings. The van der Waals surface area contributed by atoms with Crippen molar-refractivity contribution in [1.29, 1.82) is 0 Å². The molecular weight excluding hydrogens is 418 g/mol. The van der Waals surface area contributed by atoms with Gasteiger partial charge in [-0.25, -0.2) is 8.42 Å². The molecule has 0 spiro atoms. The Balaban J connectivity index is 1.49. The summed E-state index contributed by atoms with van der Waals surface area (Å²) in [5.41, 5.74) is 0. The SMILES string of the molecule is CC(Cc1ccco1)NC(=O)CCc1nc(CS(=O)(=O)c2ccc(Cl)cc2)no1. The fraction of sp³-hybridized carbons (Fsp3) is 0.316. The number of carbonyl (C=O) groups excluding carboxylic acids is 1. The van der Waals surface area contributed by atoms with Gasteiger partial charge >= 0.3 is 0 Å². The molecule has 0 radical (unpaired) electrons. The van der Waals surface area contributed by atoms with Crippen molar-refractivity contribution in [2.24, 2.45) is 0 Å². The summed E-state index contributed by atoms with van der Waals surface area (Å²) in [4.78, 5) is 16.3. The predicted octanol–water partition coefficient (Wildman–Crippen LogP) is 2.97. The number of carbonyl (C=O) groups is 1. The van der Waals surface area contributed by atoms with Crippen LogP contribution < -0.4 is 5.32 Å². The minimum absolute atomic E-state index is 0.0431. The van der Waals surface area contributed by atoms with E-state index in [1.165, 1.54) is 24.3 Å². The zero-order valence-corrected chi connectivity index (χ0v) is 17.2. The summed E-state index contributed by atoms with van der Waals surface area (Å²) < 4.78 is 35.1. The van der Waals surface area contributed by atoms with Gasteiger partial charge < -0.3 is 14.3 Å². The number of hydrogen-bond acceptors (Lipinski definition) is 7. The van der Waals surface area contributed by atoms with Gasteiger partial charge in [-0.15, -0.1) is 0 Å². The Labute approximate surface area is 173 Å². The molecule has 0 saturated carbocycles. The van der Waals surface area contributed by atoms with Crippen molar-refractivity contribution >= 4 is 27.3 Å². The van der Waals surface area contributed by atoms with E-state index in [1.54, 1.807) is 12.3 Å². The number of rotatable bonds is 9. The van der Waals surface area contributed by atoms with E-state index in [2.05, 4.69) is 15.5 Å². The van der Waals surface area contributed by atoms with Gasteiger partial charge in [0.05, 0.1) is 11.2 Å². The van der Waals surface area contributed by atoms with Gasteiger partial charge in [0.2, 0.25) is 11.8 Å². The Morgan fingerprint density at radius 1 is 1.24 bits per heavy atom.